The summed E-state index contributed by atoms with van der Waals surface area (Å²) in [5.41, 5.74) is 0. The summed E-state index contributed by atoms with van der Waals surface area (Å²) in [6, 6.07) is 5.73. The van der Waals surface area contributed by atoms with Crippen molar-refractivity contribution in [3.63, 3.8) is 0 Å². The molecular weight excluding hydrogens is 218 g/mol. The third-order valence-electron chi connectivity index (χ3n) is 1.61. The standard InChI is InChI=1S/C9H8ClN3S/c10-7-5-13-9(14-7)6-12-8-3-1-2-4-11-8/h1-5H,6H2,(H,11,12). The first-order valence-electron chi connectivity index (χ1n) is 4.10. The maximum absolute atomic E-state index is 5.75. The predicted molar refractivity (Wildman–Crippen MR) is 58.7 cm³/mol. The SMILES string of the molecule is Clc1cnc(CNc2ccccn2)s1. The van der Waals surface area contributed by atoms with Gasteiger partial charge in [-0.3, -0.25) is 0 Å². The van der Waals surface area contributed by atoms with Crippen molar-refractivity contribution in [1.82, 2.24) is 9.97 Å². The van der Waals surface area contributed by atoms with Crippen molar-refractivity contribution >= 4 is 28.8 Å². The maximum Gasteiger partial charge on any atom is 0.126 e. The molecule has 2 aromatic rings. The maximum atomic E-state index is 5.75. The largest absolute Gasteiger partial charge is 0.364 e. The normalized spacial score (nSPS) is 10.1. The Morgan fingerprint density at radius 1 is 1.36 bits per heavy atom. The second-order valence-corrected chi connectivity index (χ2v) is 4.37. The number of halogens is 1. The number of hydrogen-bond acceptors (Lipinski definition) is 4. The minimum atomic E-state index is 0.661. The van der Waals surface area contributed by atoms with E-state index in [1.807, 2.05) is 18.2 Å². The lowest BCUT2D eigenvalue weighted by Crippen LogP contribution is -1.99. The Hall–Kier alpha value is -1.13. The summed E-state index contributed by atoms with van der Waals surface area (Å²) in [7, 11) is 0. The van der Waals surface area contributed by atoms with Gasteiger partial charge in [-0.15, -0.1) is 11.3 Å². The molecule has 0 aliphatic carbocycles. The van der Waals surface area contributed by atoms with Crippen LogP contribution in [0.25, 0.3) is 0 Å². The Morgan fingerprint density at radius 3 is 2.93 bits per heavy atom. The third kappa shape index (κ3) is 2.43. The minimum absolute atomic E-state index is 0.661. The number of nitrogens with zero attached hydrogens (tertiary/aromatic N) is 2. The fourth-order valence-electron chi connectivity index (χ4n) is 1.00. The number of nitrogens with one attached hydrogen (secondary N) is 1. The van der Waals surface area contributed by atoms with Crippen LogP contribution in [0.15, 0.2) is 30.6 Å². The summed E-state index contributed by atoms with van der Waals surface area (Å²) in [4.78, 5) is 8.26. The van der Waals surface area contributed by atoms with Gasteiger partial charge < -0.3 is 5.32 Å². The van der Waals surface area contributed by atoms with E-state index in [0.717, 1.165) is 10.8 Å². The number of thiazole rings is 1. The molecule has 0 unspecified atom stereocenters. The first-order chi connectivity index (χ1) is 6.84. The predicted octanol–water partition coefficient (Wildman–Crippen LogP) is 2.80. The summed E-state index contributed by atoms with van der Waals surface area (Å²) in [5.74, 6) is 0.846. The van der Waals surface area contributed by atoms with Crippen LogP contribution in [0.1, 0.15) is 5.01 Å². The first kappa shape index (κ1) is 9.43. The Labute approximate surface area is 90.8 Å². The zero-order valence-corrected chi connectivity index (χ0v) is 8.85. The average molecular weight is 226 g/mol. The fraction of sp³-hybridized carbons (Fsp3) is 0.111. The molecule has 2 aromatic heterocycles. The van der Waals surface area contributed by atoms with E-state index in [1.54, 1.807) is 12.4 Å². The summed E-state index contributed by atoms with van der Waals surface area (Å²) < 4.78 is 0.711. The van der Waals surface area contributed by atoms with E-state index in [1.165, 1.54) is 11.3 Å². The van der Waals surface area contributed by atoms with Crippen LogP contribution in [0.5, 0.6) is 0 Å². The van der Waals surface area contributed by atoms with Crippen LogP contribution in [0.3, 0.4) is 0 Å². The second kappa shape index (κ2) is 4.39. The molecule has 5 heteroatoms. The molecule has 0 radical (unpaired) electrons. The van der Waals surface area contributed by atoms with Gasteiger partial charge in [-0.05, 0) is 12.1 Å². The molecule has 14 heavy (non-hydrogen) atoms. The van der Waals surface area contributed by atoms with Crippen molar-refractivity contribution < 1.29 is 0 Å². The average Bonchev–Trinajstić information content (AvgIpc) is 2.63. The highest BCUT2D eigenvalue weighted by Crippen LogP contribution is 2.18. The van der Waals surface area contributed by atoms with Gasteiger partial charge in [-0.25, -0.2) is 9.97 Å². The van der Waals surface area contributed by atoms with Gasteiger partial charge >= 0.3 is 0 Å². The molecule has 1 N–H and O–H groups in total. The third-order valence-corrected chi connectivity index (χ3v) is 2.73. The molecule has 0 fully saturated rings. The van der Waals surface area contributed by atoms with Gasteiger partial charge in [0.1, 0.15) is 15.2 Å². The van der Waals surface area contributed by atoms with E-state index < -0.39 is 0 Å². The topological polar surface area (TPSA) is 37.8 Å². The molecule has 0 aromatic carbocycles. The Kier molecular flexibility index (Phi) is 2.96. The summed E-state index contributed by atoms with van der Waals surface area (Å²) in [6.45, 7) is 0.661. The Bertz CT molecular complexity index is 401. The number of pyridine rings is 1. The highest BCUT2D eigenvalue weighted by molar-refractivity contribution is 7.15. The van der Waals surface area contributed by atoms with Crippen LogP contribution in [0, 0.1) is 0 Å². The van der Waals surface area contributed by atoms with Gasteiger partial charge in [0, 0.05) is 6.20 Å². The van der Waals surface area contributed by atoms with Gasteiger partial charge in [0.25, 0.3) is 0 Å². The van der Waals surface area contributed by atoms with E-state index in [-0.39, 0.29) is 0 Å². The lowest BCUT2D eigenvalue weighted by atomic mass is 10.4. The molecule has 2 rings (SSSR count). The van der Waals surface area contributed by atoms with Crippen LogP contribution in [-0.4, -0.2) is 9.97 Å². The molecule has 0 saturated heterocycles. The Balaban J connectivity index is 1.95. The molecule has 0 atom stereocenters. The second-order valence-electron chi connectivity index (χ2n) is 2.63. The molecule has 0 saturated carbocycles. The van der Waals surface area contributed by atoms with E-state index in [9.17, 15) is 0 Å². The fourth-order valence-corrected chi connectivity index (χ4v) is 1.90. The highest BCUT2D eigenvalue weighted by atomic mass is 35.5. The van der Waals surface area contributed by atoms with Crippen LogP contribution < -0.4 is 5.32 Å². The van der Waals surface area contributed by atoms with E-state index in [4.69, 9.17) is 11.6 Å². The first-order valence-corrected chi connectivity index (χ1v) is 5.29. The molecular formula is C9H8ClN3S. The molecule has 0 spiro atoms. The number of hydrogen-bond donors (Lipinski definition) is 1. The summed E-state index contributed by atoms with van der Waals surface area (Å²) >= 11 is 7.23. The Morgan fingerprint density at radius 2 is 2.29 bits per heavy atom. The molecule has 0 aliphatic heterocycles. The molecule has 72 valence electrons. The van der Waals surface area contributed by atoms with Gasteiger partial charge in [-0.1, -0.05) is 17.7 Å². The monoisotopic (exact) mass is 225 g/mol. The van der Waals surface area contributed by atoms with Crippen LogP contribution >= 0.6 is 22.9 Å². The van der Waals surface area contributed by atoms with Crippen LogP contribution in [-0.2, 0) is 6.54 Å². The number of rotatable bonds is 3. The zero-order chi connectivity index (χ0) is 9.80. The molecule has 0 aliphatic rings. The van der Waals surface area contributed by atoms with Gasteiger partial charge in [-0.2, -0.15) is 0 Å². The van der Waals surface area contributed by atoms with E-state index in [2.05, 4.69) is 15.3 Å². The smallest absolute Gasteiger partial charge is 0.126 e. The number of aromatic nitrogens is 2. The molecule has 2 heterocycles. The minimum Gasteiger partial charge on any atom is -0.364 e. The van der Waals surface area contributed by atoms with Crippen molar-refractivity contribution in [3.05, 3.63) is 39.9 Å². The lowest BCUT2D eigenvalue weighted by Gasteiger charge is -2.01. The number of anilines is 1. The molecule has 3 nitrogen and oxygen atoms in total. The van der Waals surface area contributed by atoms with Crippen molar-refractivity contribution in [1.29, 1.82) is 0 Å². The van der Waals surface area contributed by atoms with Crippen molar-refractivity contribution in [2.24, 2.45) is 0 Å². The van der Waals surface area contributed by atoms with Crippen molar-refractivity contribution in [3.8, 4) is 0 Å². The van der Waals surface area contributed by atoms with Gasteiger partial charge in [0.2, 0.25) is 0 Å². The van der Waals surface area contributed by atoms with E-state index in [0.29, 0.717) is 10.9 Å². The van der Waals surface area contributed by atoms with E-state index >= 15 is 0 Å². The quantitative estimate of drug-likeness (QED) is 0.873. The van der Waals surface area contributed by atoms with Crippen LogP contribution in [0.4, 0.5) is 5.82 Å². The molecule has 0 bridgehead atoms. The zero-order valence-electron chi connectivity index (χ0n) is 7.27. The van der Waals surface area contributed by atoms with Crippen LogP contribution in [0.2, 0.25) is 4.34 Å². The van der Waals surface area contributed by atoms with Gasteiger partial charge in [0.05, 0.1) is 12.7 Å². The summed E-state index contributed by atoms with van der Waals surface area (Å²) in [6.07, 6.45) is 3.40. The highest BCUT2D eigenvalue weighted by Gasteiger charge is 1.99. The lowest BCUT2D eigenvalue weighted by molar-refractivity contribution is 1.08. The summed E-state index contributed by atoms with van der Waals surface area (Å²) in [5, 5.41) is 4.11. The van der Waals surface area contributed by atoms with Gasteiger partial charge in [0.15, 0.2) is 0 Å². The van der Waals surface area contributed by atoms with Crippen molar-refractivity contribution in [2.45, 2.75) is 6.54 Å². The van der Waals surface area contributed by atoms with Crippen molar-refractivity contribution in [2.75, 3.05) is 5.32 Å². The molecule has 0 amide bonds.